The molecule has 0 bridgehead atoms. The second kappa shape index (κ2) is 9.64. The van der Waals surface area contributed by atoms with Crippen LogP contribution in [-0.2, 0) is 0 Å². The van der Waals surface area contributed by atoms with Gasteiger partial charge in [0, 0.05) is 17.4 Å². The van der Waals surface area contributed by atoms with E-state index < -0.39 is 0 Å². The lowest BCUT2D eigenvalue weighted by Gasteiger charge is -2.14. The Morgan fingerprint density at radius 1 is 0.971 bits per heavy atom. The van der Waals surface area contributed by atoms with Gasteiger partial charge in [-0.1, -0.05) is 30.3 Å². The average molecular weight is 465 g/mol. The minimum absolute atomic E-state index is 0.0582. The maximum atomic E-state index is 12.6. The SMILES string of the molecule is COc1ccc(C(=O)Nc2ccc3c(c2)ncn3-c2ccnc(N[C@@H](C)c3ccccc3)n2)cc1. The number of methoxy groups -OCH3 is 1. The molecule has 3 aromatic carbocycles. The Morgan fingerprint density at radius 3 is 2.54 bits per heavy atom. The van der Waals surface area contributed by atoms with Crippen molar-refractivity contribution in [3.05, 3.63) is 103 Å². The monoisotopic (exact) mass is 464 g/mol. The molecular weight excluding hydrogens is 440 g/mol. The fourth-order valence-corrected chi connectivity index (χ4v) is 3.79. The predicted octanol–water partition coefficient (Wildman–Crippen LogP) is 5.25. The van der Waals surface area contributed by atoms with Crippen molar-refractivity contribution in [2.45, 2.75) is 13.0 Å². The fourth-order valence-electron chi connectivity index (χ4n) is 3.79. The maximum absolute atomic E-state index is 12.6. The summed E-state index contributed by atoms with van der Waals surface area (Å²) in [5, 5.41) is 6.27. The summed E-state index contributed by atoms with van der Waals surface area (Å²) in [6.45, 7) is 2.07. The number of nitrogens with zero attached hydrogens (tertiary/aromatic N) is 4. The van der Waals surface area contributed by atoms with Crippen molar-refractivity contribution in [2.24, 2.45) is 0 Å². The highest BCUT2D eigenvalue weighted by atomic mass is 16.5. The largest absolute Gasteiger partial charge is 0.497 e. The smallest absolute Gasteiger partial charge is 0.255 e. The highest BCUT2D eigenvalue weighted by molar-refractivity contribution is 6.05. The van der Waals surface area contributed by atoms with Crippen LogP contribution in [-0.4, -0.2) is 32.5 Å². The van der Waals surface area contributed by atoms with Crippen LogP contribution < -0.4 is 15.4 Å². The van der Waals surface area contributed by atoms with Gasteiger partial charge in [-0.15, -0.1) is 0 Å². The zero-order chi connectivity index (χ0) is 24.2. The van der Waals surface area contributed by atoms with Crippen LogP contribution in [0.15, 0.2) is 91.4 Å². The van der Waals surface area contributed by atoms with Crippen LogP contribution in [0.1, 0.15) is 28.9 Å². The number of amides is 1. The molecule has 5 aromatic rings. The van der Waals surface area contributed by atoms with Gasteiger partial charge in [0.15, 0.2) is 0 Å². The zero-order valence-corrected chi connectivity index (χ0v) is 19.3. The van der Waals surface area contributed by atoms with E-state index in [0.717, 1.165) is 16.6 Å². The Balaban J connectivity index is 1.34. The second-order valence-electron chi connectivity index (χ2n) is 8.02. The lowest BCUT2D eigenvalue weighted by atomic mass is 10.1. The topological polar surface area (TPSA) is 94.0 Å². The van der Waals surface area contributed by atoms with Gasteiger partial charge in [-0.05, 0) is 61.0 Å². The normalized spacial score (nSPS) is 11.7. The molecule has 2 N–H and O–H groups in total. The number of ether oxygens (including phenoxy) is 1. The van der Waals surface area contributed by atoms with Crippen molar-refractivity contribution >= 4 is 28.6 Å². The highest BCUT2D eigenvalue weighted by Gasteiger charge is 2.12. The maximum Gasteiger partial charge on any atom is 0.255 e. The molecule has 1 atom stereocenters. The number of hydrogen-bond donors (Lipinski definition) is 2. The molecule has 0 saturated heterocycles. The van der Waals surface area contributed by atoms with Crippen LogP contribution >= 0.6 is 0 Å². The van der Waals surface area contributed by atoms with Gasteiger partial charge in [0.2, 0.25) is 5.95 Å². The summed E-state index contributed by atoms with van der Waals surface area (Å²) in [7, 11) is 1.59. The Labute approximate surface area is 202 Å². The third-order valence-electron chi connectivity index (χ3n) is 5.69. The van der Waals surface area contributed by atoms with Crippen LogP contribution in [0.2, 0.25) is 0 Å². The van der Waals surface area contributed by atoms with Crippen LogP contribution in [0.4, 0.5) is 11.6 Å². The van der Waals surface area contributed by atoms with E-state index in [0.29, 0.717) is 28.8 Å². The van der Waals surface area contributed by atoms with Gasteiger partial charge >= 0.3 is 0 Å². The first-order valence-electron chi connectivity index (χ1n) is 11.2. The average Bonchev–Trinajstić information content (AvgIpc) is 3.33. The van der Waals surface area contributed by atoms with Gasteiger partial charge < -0.3 is 15.4 Å². The molecule has 0 aliphatic rings. The molecule has 35 heavy (non-hydrogen) atoms. The third-order valence-corrected chi connectivity index (χ3v) is 5.69. The number of fused-ring (bicyclic) bond motifs is 1. The van der Waals surface area contributed by atoms with Gasteiger partial charge in [0.25, 0.3) is 5.91 Å². The number of carbonyl (C=O) groups is 1. The molecule has 0 unspecified atom stereocenters. The molecule has 8 nitrogen and oxygen atoms in total. The summed E-state index contributed by atoms with van der Waals surface area (Å²) in [4.78, 5) is 26.2. The summed E-state index contributed by atoms with van der Waals surface area (Å²) < 4.78 is 7.04. The van der Waals surface area contributed by atoms with Gasteiger partial charge in [-0.2, -0.15) is 4.98 Å². The van der Waals surface area contributed by atoms with E-state index in [2.05, 4.69) is 44.6 Å². The number of hydrogen-bond acceptors (Lipinski definition) is 6. The molecule has 0 spiro atoms. The van der Waals surface area contributed by atoms with Gasteiger partial charge in [0.05, 0.1) is 24.2 Å². The first-order valence-corrected chi connectivity index (χ1v) is 11.2. The minimum Gasteiger partial charge on any atom is -0.497 e. The van der Waals surface area contributed by atoms with Crippen molar-refractivity contribution in [2.75, 3.05) is 17.7 Å². The minimum atomic E-state index is -0.203. The highest BCUT2D eigenvalue weighted by Crippen LogP contribution is 2.23. The van der Waals surface area contributed by atoms with Crippen LogP contribution in [0.25, 0.3) is 16.9 Å². The molecule has 174 valence electrons. The number of imidazole rings is 1. The Kier molecular flexibility index (Phi) is 6.09. The molecule has 2 aromatic heterocycles. The summed E-state index contributed by atoms with van der Waals surface area (Å²) in [6.07, 6.45) is 3.43. The first kappa shape index (κ1) is 22.1. The molecule has 0 saturated carbocycles. The summed E-state index contributed by atoms with van der Waals surface area (Å²) in [6, 6.07) is 24.6. The fraction of sp³-hybridized carbons (Fsp3) is 0.111. The van der Waals surface area contributed by atoms with E-state index in [1.807, 2.05) is 47.0 Å². The Morgan fingerprint density at radius 2 is 1.77 bits per heavy atom. The number of rotatable bonds is 7. The predicted molar refractivity (Wildman–Crippen MR) is 136 cm³/mol. The molecule has 0 fully saturated rings. The van der Waals surface area contributed by atoms with Crippen molar-refractivity contribution < 1.29 is 9.53 Å². The van der Waals surface area contributed by atoms with Gasteiger partial charge in [-0.3, -0.25) is 9.36 Å². The van der Waals surface area contributed by atoms with E-state index in [-0.39, 0.29) is 11.9 Å². The molecule has 1 amide bonds. The molecular formula is C27H24N6O2. The number of nitrogens with one attached hydrogen (secondary N) is 2. The first-order chi connectivity index (χ1) is 17.1. The quantitative estimate of drug-likeness (QED) is 0.342. The van der Waals surface area contributed by atoms with Crippen LogP contribution in [0, 0.1) is 0 Å². The van der Waals surface area contributed by atoms with Crippen molar-refractivity contribution in [1.82, 2.24) is 19.5 Å². The number of carbonyl (C=O) groups excluding carboxylic acids is 1. The summed E-state index contributed by atoms with van der Waals surface area (Å²) in [5.74, 6) is 1.72. The van der Waals surface area contributed by atoms with Crippen LogP contribution in [0.3, 0.4) is 0 Å². The van der Waals surface area contributed by atoms with E-state index in [1.54, 1.807) is 43.9 Å². The summed E-state index contributed by atoms with van der Waals surface area (Å²) >= 11 is 0. The molecule has 0 aliphatic heterocycles. The molecule has 8 heteroatoms. The van der Waals surface area contributed by atoms with E-state index in [4.69, 9.17) is 4.74 Å². The summed E-state index contributed by atoms with van der Waals surface area (Å²) in [5.41, 5.74) is 3.96. The number of anilines is 2. The number of benzene rings is 3. The third kappa shape index (κ3) is 4.81. The Hall–Kier alpha value is -4.72. The van der Waals surface area contributed by atoms with E-state index in [1.165, 1.54) is 0 Å². The van der Waals surface area contributed by atoms with Gasteiger partial charge in [0.1, 0.15) is 17.9 Å². The molecule has 2 heterocycles. The lowest BCUT2D eigenvalue weighted by molar-refractivity contribution is 0.102. The van der Waals surface area contributed by atoms with Crippen molar-refractivity contribution in [3.8, 4) is 11.6 Å². The van der Waals surface area contributed by atoms with E-state index >= 15 is 0 Å². The van der Waals surface area contributed by atoms with Crippen LogP contribution in [0.5, 0.6) is 5.75 Å². The number of aromatic nitrogens is 4. The Bertz CT molecular complexity index is 1460. The van der Waals surface area contributed by atoms with Crippen molar-refractivity contribution in [1.29, 1.82) is 0 Å². The standard InChI is InChI=1S/C27H24N6O2/c1-18(19-6-4-3-5-7-19)30-27-28-15-14-25(32-27)33-17-29-23-16-21(10-13-24(23)33)31-26(34)20-8-11-22(35-2)12-9-20/h3-18H,1-2H3,(H,31,34)(H,28,30,32)/t18-/m0/s1. The molecule has 0 radical (unpaired) electrons. The molecule has 5 rings (SSSR count). The van der Waals surface area contributed by atoms with Crippen molar-refractivity contribution in [3.63, 3.8) is 0 Å². The molecule has 0 aliphatic carbocycles. The second-order valence-corrected chi connectivity index (χ2v) is 8.02. The van der Waals surface area contributed by atoms with Gasteiger partial charge in [-0.25, -0.2) is 9.97 Å². The zero-order valence-electron chi connectivity index (χ0n) is 19.3. The lowest BCUT2D eigenvalue weighted by Crippen LogP contribution is -2.11. The van der Waals surface area contributed by atoms with E-state index in [9.17, 15) is 4.79 Å².